The van der Waals surface area contributed by atoms with Crippen molar-refractivity contribution in [2.75, 3.05) is 20.1 Å². The summed E-state index contributed by atoms with van der Waals surface area (Å²) in [6.07, 6.45) is 0.839. The van der Waals surface area contributed by atoms with Crippen LogP contribution in [0.4, 0.5) is 0 Å². The molecule has 1 amide bonds. The Balaban J connectivity index is 0.00000220. The number of nitrogens with zero attached hydrogens (tertiary/aromatic N) is 1. The van der Waals surface area contributed by atoms with Gasteiger partial charge in [-0.1, -0.05) is 24.3 Å². The molecule has 0 aliphatic carbocycles. The highest BCUT2D eigenvalue weighted by Gasteiger charge is 2.02. The Morgan fingerprint density at radius 1 is 1.29 bits per heavy atom. The van der Waals surface area contributed by atoms with Crippen LogP contribution < -0.4 is 10.6 Å². The molecule has 0 saturated heterocycles. The zero-order valence-electron chi connectivity index (χ0n) is 12.2. The fourth-order valence-electron chi connectivity index (χ4n) is 1.91. The highest BCUT2D eigenvalue weighted by atomic mass is 35.5. The molecule has 0 fully saturated rings. The van der Waals surface area contributed by atoms with Crippen molar-refractivity contribution in [3.8, 4) is 11.3 Å². The summed E-state index contributed by atoms with van der Waals surface area (Å²) in [6, 6.07) is 8.35. The van der Waals surface area contributed by atoms with Gasteiger partial charge in [0.05, 0.1) is 17.2 Å². The van der Waals surface area contributed by atoms with E-state index in [0.29, 0.717) is 13.1 Å². The Morgan fingerprint density at radius 2 is 2.00 bits per heavy atom. The van der Waals surface area contributed by atoms with Crippen molar-refractivity contribution in [1.29, 1.82) is 0 Å². The van der Waals surface area contributed by atoms with Crippen LogP contribution in [-0.4, -0.2) is 31.0 Å². The molecule has 0 radical (unpaired) electrons. The van der Waals surface area contributed by atoms with Crippen molar-refractivity contribution in [1.82, 2.24) is 15.6 Å². The molecule has 0 saturated carbocycles. The van der Waals surface area contributed by atoms with Crippen LogP contribution in [0.15, 0.2) is 29.6 Å². The summed E-state index contributed by atoms with van der Waals surface area (Å²) in [5, 5.41) is 8.85. The summed E-state index contributed by atoms with van der Waals surface area (Å²) in [4.78, 5) is 15.8. The minimum absolute atomic E-state index is 0. The molecule has 2 N–H and O–H groups in total. The molecule has 1 aromatic heterocycles. The molecule has 0 atom stereocenters. The fourth-order valence-corrected chi connectivity index (χ4v) is 2.53. The number of thiazole rings is 1. The molecule has 1 heterocycles. The number of carbonyl (C=O) groups excluding carboxylic acids is 1. The Kier molecular flexibility index (Phi) is 7.36. The summed E-state index contributed by atoms with van der Waals surface area (Å²) in [7, 11) is 1.76. The molecule has 114 valence electrons. The number of benzene rings is 1. The van der Waals surface area contributed by atoms with Gasteiger partial charge in [0.25, 0.3) is 0 Å². The molecular weight excluding hydrogens is 306 g/mol. The lowest BCUT2D eigenvalue weighted by Crippen LogP contribution is -2.33. The number of amides is 1. The maximum atomic E-state index is 11.3. The van der Waals surface area contributed by atoms with Gasteiger partial charge in [-0.15, -0.1) is 23.7 Å². The van der Waals surface area contributed by atoms with E-state index in [1.165, 1.54) is 5.56 Å². The van der Waals surface area contributed by atoms with Gasteiger partial charge in [-0.3, -0.25) is 4.79 Å². The summed E-state index contributed by atoms with van der Waals surface area (Å²) in [5.74, 6) is 0.0297. The minimum atomic E-state index is 0. The van der Waals surface area contributed by atoms with Crippen molar-refractivity contribution in [2.45, 2.75) is 13.3 Å². The first kappa shape index (κ1) is 17.6. The van der Waals surface area contributed by atoms with E-state index in [-0.39, 0.29) is 18.3 Å². The first-order chi connectivity index (χ1) is 9.69. The number of aryl methyl sites for hydroxylation is 1. The molecule has 0 spiro atoms. The molecule has 0 unspecified atom stereocenters. The van der Waals surface area contributed by atoms with Crippen molar-refractivity contribution in [2.24, 2.45) is 0 Å². The minimum Gasteiger partial charge on any atom is -0.355 e. The lowest BCUT2D eigenvalue weighted by molar-refractivity contribution is -0.120. The first-order valence-corrected chi connectivity index (χ1v) is 7.50. The Morgan fingerprint density at radius 3 is 2.57 bits per heavy atom. The summed E-state index contributed by atoms with van der Waals surface area (Å²) in [6.45, 7) is 3.04. The number of hydrogen-bond donors (Lipinski definition) is 2. The number of nitrogens with one attached hydrogen (secondary N) is 2. The van der Waals surface area contributed by atoms with Gasteiger partial charge < -0.3 is 10.6 Å². The van der Waals surface area contributed by atoms with Gasteiger partial charge in [0.1, 0.15) is 0 Å². The van der Waals surface area contributed by atoms with Crippen molar-refractivity contribution in [3.63, 3.8) is 0 Å². The Hall–Kier alpha value is -1.43. The van der Waals surface area contributed by atoms with Gasteiger partial charge in [0.2, 0.25) is 5.91 Å². The summed E-state index contributed by atoms with van der Waals surface area (Å²) < 4.78 is 0. The molecule has 2 rings (SSSR count). The lowest BCUT2D eigenvalue weighted by Gasteiger charge is -2.05. The Labute approximate surface area is 135 Å². The second-order valence-corrected chi connectivity index (χ2v) is 5.64. The third kappa shape index (κ3) is 5.46. The van der Waals surface area contributed by atoms with Gasteiger partial charge in [-0.2, -0.15) is 0 Å². The first-order valence-electron chi connectivity index (χ1n) is 6.62. The van der Waals surface area contributed by atoms with Crippen LogP contribution in [0.1, 0.15) is 10.6 Å². The SMILES string of the molecule is CNCC(=O)NCCc1ccc(-c2csc(C)n2)cc1.Cl. The molecule has 0 aliphatic heterocycles. The average Bonchev–Trinajstić information content (AvgIpc) is 2.86. The zero-order valence-corrected chi connectivity index (χ0v) is 13.8. The summed E-state index contributed by atoms with van der Waals surface area (Å²) >= 11 is 1.66. The third-order valence-electron chi connectivity index (χ3n) is 2.94. The standard InChI is InChI=1S/C15H19N3OS.ClH/c1-11-18-14(10-20-11)13-5-3-12(4-6-13)7-8-17-15(19)9-16-2;/h3-6,10,16H,7-9H2,1-2H3,(H,17,19);1H. The van der Waals surface area contributed by atoms with Crippen LogP contribution in [-0.2, 0) is 11.2 Å². The van der Waals surface area contributed by atoms with E-state index in [2.05, 4.69) is 45.3 Å². The van der Waals surface area contributed by atoms with Crippen LogP contribution in [0.5, 0.6) is 0 Å². The predicted molar refractivity (Wildman–Crippen MR) is 90.2 cm³/mol. The molecule has 6 heteroatoms. The second kappa shape index (κ2) is 8.77. The van der Waals surface area contributed by atoms with E-state index in [1.807, 2.05) is 6.92 Å². The van der Waals surface area contributed by atoms with E-state index in [9.17, 15) is 4.79 Å². The molecule has 0 aliphatic rings. The highest BCUT2D eigenvalue weighted by molar-refractivity contribution is 7.09. The van der Waals surface area contributed by atoms with E-state index in [4.69, 9.17) is 0 Å². The van der Waals surface area contributed by atoms with Crippen LogP contribution in [0.3, 0.4) is 0 Å². The van der Waals surface area contributed by atoms with Gasteiger partial charge in [-0.25, -0.2) is 4.98 Å². The van der Waals surface area contributed by atoms with E-state index >= 15 is 0 Å². The summed E-state index contributed by atoms with van der Waals surface area (Å²) in [5.41, 5.74) is 3.38. The highest BCUT2D eigenvalue weighted by Crippen LogP contribution is 2.21. The van der Waals surface area contributed by atoms with Crippen molar-refractivity contribution < 1.29 is 4.79 Å². The number of likely N-dealkylation sites (N-methyl/N-ethyl adjacent to an activating group) is 1. The number of hydrogen-bond acceptors (Lipinski definition) is 4. The number of carbonyl (C=O) groups is 1. The van der Waals surface area contributed by atoms with Crippen LogP contribution >= 0.6 is 23.7 Å². The fraction of sp³-hybridized carbons (Fsp3) is 0.333. The number of aromatic nitrogens is 1. The lowest BCUT2D eigenvalue weighted by atomic mass is 10.1. The van der Waals surface area contributed by atoms with Crippen molar-refractivity contribution >= 4 is 29.7 Å². The monoisotopic (exact) mass is 325 g/mol. The molecular formula is C15H20ClN3OS. The largest absolute Gasteiger partial charge is 0.355 e. The van der Waals surface area contributed by atoms with Crippen LogP contribution in [0, 0.1) is 6.92 Å². The maximum absolute atomic E-state index is 11.3. The second-order valence-electron chi connectivity index (χ2n) is 4.58. The molecule has 21 heavy (non-hydrogen) atoms. The van der Waals surface area contributed by atoms with Gasteiger partial charge >= 0.3 is 0 Å². The van der Waals surface area contributed by atoms with Gasteiger partial charge in [0, 0.05) is 17.5 Å². The average molecular weight is 326 g/mol. The topological polar surface area (TPSA) is 54.0 Å². The number of rotatable bonds is 6. The van der Waals surface area contributed by atoms with Gasteiger partial charge in [-0.05, 0) is 26.0 Å². The quantitative estimate of drug-likeness (QED) is 0.857. The smallest absolute Gasteiger partial charge is 0.233 e. The van der Waals surface area contributed by atoms with E-state index in [0.717, 1.165) is 22.7 Å². The Bertz CT molecular complexity index is 569. The molecule has 4 nitrogen and oxygen atoms in total. The van der Waals surface area contributed by atoms with Crippen LogP contribution in [0.25, 0.3) is 11.3 Å². The predicted octanol–water partition coefficient (Wildman–Crippen LogP) is 2.42. The molecule has 2 aromatic rings. The maximum Gasteiger partial charge on any atom is 0.233 e. The third-order valence-corrected chi connectivity index (χ3v) is 3.72. The van der Waals surface area contributed by atoms with Gasteiger partial charge in [0.15, 0.2) is 0 Å². The van der Waals surface area contributed by atoms with Crippen molar-refractivity contribution in [3.05, 3.63) is 40.2 Å². The van der Waals surface area contributed by atoms with Crippen LogP contribution in [0.2, 0.25) is 0 Å². The number of halogens is 1. The van der Waals surface area contributed by atoms with E-state index < -0.39 is 0 Å². The van der Waals surface area contributed by atoms with E-state index in [1.54, 1.807) is 18.4 Å². The molecule has 0 bridgehead atoms. The normalized spacial score (nSPS) is 10.0. The molecule has 1 aromatic carbocycles. The zero-order chi connectivity index (χ0) is 14.4.